The maximum atomic E-state index is 12.0. The third-order valence-corrected chi connectivity index (χ3v) is 3.48. The first-order chi connectivity index (χ1) is 10.2. The second kappa shape index (κ2) is 6.55. The van der Waals surface area contributed by atoms with Crippen molar-refractivity contribution in [2.75, 3.05) is 19.7 Å². The van der Waals surface area contributed by atoms with Crippen molar-refractivity contribution in [3.63, 3.8) is 0 Å². The molecule has 1 aliphatic rings. The molecule has 1 aromatic rings. The van der Waals surface area contributed by atoms with Gasteiger partial charge in [-0.05, 0) is 41.0 Å². The van der Waals surface area contributed by atoms with Gasteiger partial charge in [-0.25, -0.2) is 4.79 Å². The first-order valence-electron chi connectivity index (χ1n) is 7.79. The summed E-state index contributed by atoms with van der Waals surface area (Å²) in [6, 6.07) is 3.88. The summed E-state index contributed by atoms with van der Waals surface area (Å²) >= 11 is 0. The zero-order valence-electron chi connectivity index (χ0n) is 14.2. The Kier molecular flexibility index (Phi) is 4.94. The molecule has 0 saturated carbocycles. The molecule has 2 rings (SSSR count). The van der Waals surface area contributed by atoms with Gasteiger partial charge in [-0.15, -0.1) is 0 Å². The van der Waals surface area contributed by atoms with E-state index in [2.05, 4.69) is 4.98 Å². The minimum atomic E-state index is -0.447. The number of amides is 1. The van der Waals surface area contributed by atoms with Gasteiger partial charge < -0.3 is 14.4 Å². The van der Waals surface area contributed by atoms with Gasteiger partial charge in [-0.3, -0.25) is 4.98 Å². The van der Waals surface area contributed by atoms with E-state index in [4.69, 9.17) is 9.47 Å². The lowest BCUT2D eigenvalue weighted by Crippen LogP contribution is -2.35. The molecular weight excluding hydrogens is 280 g/mol. The predicted molar refractivity (Wildman–Crippen MR) is 85.1 cm³/mol. The maximum absolute atomic E-state index is 12.0. The lowest BCUT2D eigenvalue weighted by atomic mass is 10.1. The molecule has 0 spiro atoms. The Morgan fingerprint density at radius 2 is 1.95 bits per heavy atom. The Morgan fingerprint density at radius 3 is 2.55 bits per heavy atom. The number of pyridine rings is 1. The highest BCUT2D eigenvalue weighted by atomic mass is 16.6. The van der Waals surface area contributed by atoms with Crippen LogP contribution < -0.4 is 4.74 Å². The van der Waals surface area contributed by atoms with Crippen LogP contribution in [0.4, 0.5) is 4.79 Å². The standard InChI is InChI=1S/C17H26N2O3/c1-12-8-15(9-13(2)18-12)21-11-14-6-7-19(10-14)16(20)22-17(3,4)5/h8-9,14H,6-7,10-11H2,1-5H3/t14-/m0/s1. The molecule has 1 saturated heterocycles. The van der Waals surface area contributed by atoms with E-state index in [0.29, 0.717) is 19.1 Å². The van der Waals surface area contributed by atoms with Crippen molar-refractivity contribution in [2.45, 2.75) is 46.6 Å². The van der Waals surface area contributed by atoms with Gasteiger partial charge in [0.05, 0.1) is 6.61 Å². The van der Waals surface area contributed by atoms with Gasteiger partial charge in [0.15, 0.2) is 0 Å². The summed E-state index contributed by atoms with van der Waals surface area (Å²) in [6.45, 7) is 11.6. The van der Waals surface area contributed by atoms with Crippen LogP contribution in [0.5, 0.6) is 5.75 Å². The van der Waals surface area contributed by atoms with Gasteiger partial charge in [0.25, 0.3) is 0 Å². The minimum Gasteiger partial charge on any atom is -0.493 e. The molecule has 1 amide bonds. The topological polar surface area (TPSA) is 51.7 Å². The van der Waals surface area contributed by atoms with Gasteiger partial charge in [0, 0.05) is 42.5 Å². The Labute approximate surface area is 132 Å². The minimum absolute atomic E-state index is 0.231. The van der Waals surface area contributed by atoms with Gasteiger partial charge in [-0.1, -0.05) is 0 Å². The number of likely N-dealkylation sites (tertiary alicyclic amines) is 1. The highest BCUT2D eigenvalue weighted by Gasteiger charge is 2.30. The van der Waals surface area contributed by atoms with E-state index in [9.17, 15) is 4.79 Å². The molecule has 122 valence electrons. The second-order valence-electron chi connectivity index (χ2n) is 6.98. The average Bonchev–Trinajstić information content (AvgIpc) is 2.82. The first-order valence-corrected chi connectivity index (χ1v) is 7.79. The molecule has 1 atom stereocenters. The highest BCUT2D eigenvalue weighted by Crippen LogP contribution is 2.21. The van der Waals surface area contributed by atoms with E-state index in [1.54, 1.807) is 4.90 Å². The lowest BCUT2D eigenvalue weighted by molar-refractivity contribution is 0.0285. The quantitative estimate of drug-likeness (QED) is 0.859. The molecule has 2 heterocycles. The average molecular weight is 306 g/mol. The Hall–Kier alpha value is -1.78. The summed E-state index contributed by atoms with van der Waals surface area (Å²) in [4.78, 5) is 18.1. The summed E-state index contributed by atoms with van der Waals surface area (Å²) in [5.41, 5.74) is 1.46. The fourth-order valence-corrected chi connectivity index (χ4v) is 2.55. The summed E-state index contributed by atoms with van der Waals surface area (Å²) in [7, 11) is 0. The third kappa shape index (κ3) is 4.90. The summed E-state index contributed by atoms with van der Waals surface area (Å²) in [5, 5.41) is 0. The van der Waals surface area contributed by atoms with Crippen molar-refractivity contribution in [3.8, 4) is 5.75 Å². The summed E-state index contributed by atoms with van der Waals surface area (Å²) < 4.78 is 11.3. The van der Waals surface area contributed by atoms with Crippen molar-refractivity contribution in [1.82, 2.24) is 9.88 Å². The molecule has 5 nitrogen and oxygen atoms in total. The van der Waals surface area contributed by atoms with E-state index in [0.717, 1.165) is 30.1 Å². The molecular formula is C17H26N2O3. The third-order valence-electron chi connectivity index (χ3n) is 3.48. The summed E-state index contributed by atoms with van der Waals surface area (Å²) in [6.07, 6.45) is 0.716. The zero-order chi connectivity index (χ0) is 16.3. The molecule has 5 heteroatoms. The Morgan fingerprint density at radius 1 is 1.32 bits per heavy atom. The monoisotopic (exact) mass is 306 g/mol. The molecule has 0 unspecified atom stereocenters. The number of rotatable bonds is 3. The summed E-state index contributed by atoms with van der Waals surface area (Å²) in [5.74, 6) is 1.20. The second-order valence-corrected chi connectivity index (χ2v) is 6.98. The van der Waals surface area contributed by atoms with Crippen LogP contribution in [0.2, 0.25) is 0 Å². The number of carbonyl (C=O) groups excluding carboxylic acids is 1. The molecule has 1 aromatic heterocycles. The molecule has 0 N–H and O–H groups in total. The number of ether oxygens (including phenoxy) is 2. The number of hydrogen-bond acceptors (Lipinski definition) is 4. The molecule has 0 bridgehead atoms. The van der Waals surface area contributed by atoms with Crippen LogP contribution in [-0.2, 0) is 4.74 Å². The van der Waals surface area contributed by atoms with Crippen molar-refractivity contribution in [2.24, 2.45) is 5.92 Å². The van der Waals surface area contributed by atoms with Gasteiger partial charge in [0.2, 0.25) is 0 Å². The molecule has 1 aliphatic heterocycles. The maximum Gasteiger partial charge on any atom is 0.410 e. The van der Waals surface area contributed by atoms with Crippen LogP contribution in [0, 0.1) is 19.8 Å². The van der Waals surface area contributed by atoms with Gasteiger partial charge in [-0.2, -0.15) is 0 Å². The predicted octanol–water partition coefficient (Wildman–Crippen LogP) is 3.33. The lowest BCUT2D eigenvalue weighted by Gasteiger charge is -2.24. The van der Waals surface area contributed by atoms with Crippen LogP contribution in [0.25, 0.3) is 0 Å². The number of carbonyl (C=O) groups is 1. The Bertz CT molecular complexity index is 517. The normalized spacial score (nSPS) is 18.4. The molecule has 1 fully saturated rings. The molecule has 0 radical (unpaired) electrons. The van der Waals surface area contributed by atoms with Gasteiger partial charge >= 0.3 is 6.09 Å². The van der Waals surface area contributed by atoms with E-state index in [1.807, 2.05) is 46.8 Å². The van der Waals surface area contributed by atoms with Crippen LogP contribution in [0.1, 0.15) is 38.6 Å². The van der Waals surface area contributed by atoms with Crippen molar-refractivity contribution >= 4 is 6.09 Å². The number of hydrogen-bond donors (Lipinski definition) is 0. The van der Waals surface area contributed by atoms with Crippen LogP contribution in [0.15, 0.2) is 12.1 Å². The number of aryl methyl sites for hydroxylation is 2. The largest absolute Gasteiger partial charge is 0.493 e. The smallest absolute Gasteiger partial charge is 0.410 e. The molecule has 0 aromatic carbocycles. The zero-order valence-corrected chi connectivity index (χ0v) is 14.2. The number of nitrogens with zero attached hydrogens (tertiary/aromatic N) is 2. The molecule has 22 heavy (non-hydrogen) atoms. The van der Waals surface area contributed by atoms with E-state index >= 15 is 0 Å². The van der Waals surface area contributed by atoms with Crippen molar-refractivity contribution in [3.05, 3.63) is 23.5 Å². The number of aromatic nitrogens is 1. The van der Waals surface area contributed by atoms with E-state index in [1.165, 1.54) is 0 Å². The van der Waals surface area contributed by atoms with Crippen LogP contribution in [0.3, 0.4) is 0 Å². The van der Waals surface area contributed by atoms with Crippen LogP contribution in [-0.4, -0.2) is 41.3 Å². The van der Waals surface area contributed by atoms with Crippen molar-refractivity contribution in [1.29, 1.82) is 0 Å². The first kappa shape index (κ1) is 16.6. The fraction of sp³-hybridized carbons (Fsp3) is 0.647. The van der Waals surface area contributed by atoms with E-state index < -0.39 is 5.60 Å². The van der Waals surface area contributed by atoms with E-state index in [-0.39, 0.29) is 6.09 Å². The SMILES string of the molecule is Cc1cc(OC[C@H]2CCN(C(=O)OC(C)(C)C)C2)cc(C)n1. The fourth-order valence-electron chi connectivity index (χ4n) is 2.55. The van der Waals surface area contributed by atoms with Crippen LogP contribution >= 0.6 is 0 Å². The van der Waals surface area contributed by atoms with Crippen molar-refractivity contribution < 1.29 is 14.3 Å². The van der Waals surface area contributed by atoms with Gasteiger partial charge in [0.1, 0.15) is 11.4 Å². The Balaban J connectivity index is 1.82. The highest BCUT2D eigenvalue weighted by molar-refractivity contribution is 5.68. The molecule has 0 aliphatic carbocycles.